The Morgan fingerprint density at radius 2 is 2.00 bits per heavy atom. The van der Waals surface area contributed by atoms with Crippen LogP contribution in [0.1, 0.15) is 22.8 Å². The van der Waals surface area contributed by atoms with Gasteiger partial charge in [0.05, 0.1) is 24.0 Å². The van der Waals surface area contributed by atoms with Crippen LogP contribution in [0.2, 0.25) is 0 Å². The first-order valence-electron chi connectivity index (χ1n) is 7.32. The second-order valence-corrected chi connectivity index (χ2v) is 7.73. The first-order valence-corrected chi connectivity index (χ1v) is 9.12. The lowest BCUT2D eigenvalue weighted by Gasteiger charge is -2.39. The molecule has 2 unspecified atom stereocenters. The van der Waals surface area contributed by atoms with Crippen LogP contribution in [0.5, 0.6) is 5.75 Å². The maximum Gasteiger partial charge on any atom is 0.312 e. The normalized spacial score (nSPS) is 22.2. The van der Waals surface area contributed by atoms with Crippen molar-refractivity contribution in [2.24, 2.45) is 5.41 Å². The SMILES string of the molecule is COc1ccc(C2c3sc(=O)[nH]c3SCC2(CC(=O)O)C(=O)O)cc1. The number of methoxy groups -OCH3 is 1. The number of fused-ring (bicyclic) bond motifs is 1. The van der Waals surface area contributed by atoms with Gasteiger partial charge in [-0.25, -0.2) is 0 Å². The number of thiazole rings is 1. The van der Waals surface area contributed by atoms with Crippen molar-refractivity contribution in [2.45, 2.75) is 17.4 Å². The number of carboxylic acids is 2. The maximum atomic E-state index is 12.2. The molecule has 2 atom stereocenters. The Morgan fingerprint density at radius 1 is 1.32 bits per heavy atom. The van der Waals surface area contributed by atoms with Gasteiger partial charge in [-0.1, -0.05) is 23.5 Å². The van der Waals surface area contributed by atoms with Gasteiger partial charge < -0.3 is 19.9 Å². The Morgan fingerprint density at radius 3 is 2.56 bits per heavy atom. The quantitative estimate of drug-likeness (QED) is 0.727. The fraction of sp³-hybridized carbons (Fsp3) is 0.312. The average molecular weight is 381 g/mol. The van der Waals surface area contributed by atoms with E-state index in [1.54, 1.807) is 24.3 Å². The molecular formula is C16H15NO6S2. The molecule has 0 aliphatic carbocycles. The van der Waals surface area contributed by atoms with Crippen molar-refractivity contribution in [1.82, 2.24) is 4.98 Å². The third kappa shape index (κ3) is 3.05. The van der Waals surface area contributed by atoms with Gasteiger partial charge in [-0.2, -0.15) is 0 Å². The number of carboxylic acid groups (broad SMARTS) is 2. The number of aliphatic carboxylic acids is 2. The zero-order valence-electron chi connectivity index (χ0n) is 13.1. The molecule has 0 saturated carbocycles. The molecule has 2 heterocycles. The number of ether oxygens (including phenoxy) is 1. The van der Waals surface area contributed by atoms with Crippen molar-refractivity contribution >= 4 is 35.0 Å². The largest absolute Gasteiger partial charge is 0.497 e. The van der Waals surface area contributed by atoms with Gasteiger partial charge >= 0.3 is 16.8 Å². The number of H-pyrrole nitrogens is 1. The molecule has 1 aliphatic rings. The van der Waals surface area contributed by atoms with Gasteiger partial charge in [0.15, 0.2) is 0 Å². The summed E-state index contributed by atoms with van der Waals surface area (Å²) in [6.07, 6.45) is -0.530. The van der Waals surface area contributed by atoms with Crippen LogP contribution in [0.25, 0.3) is 0 Å². The number of hydrogen-bond donors (Lipinski definition) is 3. The molecule has 1 aliphatic heterocycles. The molecule has 0 fully saturated rings. The number of thioether (sulfide) groups is 1. The van der Waals surface area contributed by atoms with Crippen molar-refractivity contribution in [3.8, 4) is 5.75 Å². The van der Waals surface area contributed by atoms with Crippen LogP contribution in [0.3, 0.4) is 0 Å². The molecule has 0 saturated heterocycles. The Hall–Kier alpha value is -2.26. The van der Waals surface area contributed by atoms with Gasteiger partial charge in [0.25, 0.3) is 0 Å². The Labute approximate surface area is 150 Å². The summed E-state index contributed by atoms with van der Waals surface area (Å²) in [6, 6.07) is 6.82. The number of aromatic nitrogens is 1. The van der Waals surface area contributed by atoms with E-state index in [1.165, 1.54) is 18.9 Å². The summed E-state index contributed by atoms with van der Waals surface area (Å²) < 4.78 is 5.13. The van der Waals surface area contributed by atoms with Gasteiger partial charge in [-0.3, -0.25) is 14.4 Å². The fourth-order valence-corrected chi connectivity index (χ4v) is 5.67. The molecule has 1 aromatic carbocycles. The first-order chi connectivity index (χ1) is 11.9. The minimum Gasteiger partial charge on any atom is -0.497 e. The highest BCUT2D eigenvalue weighted by atomic mass is 32.2. The molecule has 9 heteroatoms. The number of carbonyl (C=O) groups is 2. The van der Waals surface area contributed by atoms with E-state index < -0.39 is 29.7 Å². The fourth-order valence-electron chi connectivity index (χ4n) is 3.11. The van der Waals surface area contributed by atoms with E-state index in [4.69, 9.17) is 4.74 Å². The summed E-state index contributed by atoms with van der Waals surface area (Å²) >= 11 is 2.11. The lowest BCUT2D eigenvalue weighted by Crippen LogP contribution is -2.43. The monoisotopic (exact) mass is 381 g/mol. The molecule has 3 rings (SSSR count). The lowest BCUT2D eigenvalue weighted by atomic mass is 9.70. The summed E-state index contributed by atoms with van der Waals surface area (Å²) in [5.74, 6) is -2.43. The van der Waals surface area contributed by atoms with E-state index in [1.807, 2.05) is 0 Å². The number of rotatable bonds is 5. The highest BCUT2D eigenvalue weighted by Gasteiger charge is 2.53. The third-order valence-corrected chi connectivity index (χ3v) is 6.62. The number of benzene rings is 1. The van der Waals surface area contributed by atoms with Gasteiger partial charge in [0, 0.05) is 16.5 Å². The van der Waals surface area contributed by atoms with Crippen LogP contribution in [0.4, 0.5) is 0 Å². The van der Waals surface area contributed by atoms with Gasteiger partial charge in [0.1, 0.15) is 5.75 Å². The summed E-state index contributed by atoms with van der Waals surface area (Å²) in [4.78, 5) is 38.4. The highest BCUT2D eigenvalue weighted by Crippen LogP contribution is 2.54. The molecule has 2 aromatic rings. The molecular weight excluding hydrogens is 366 g/mol. The number of hydrogen-bond acceptors (Lipinski definition) is 6. The van der Waals surface area contributed by atoms with Gasteiger partial charge in [-0.15, -0.1) is 11.8 Å². The molecule has 3 N–H and O–H groups in total. The summed E-state index contributed by atoms with van der Waals surface area (Å²) in [5.41, 5.74) is -0.898. The predicted octanol–water partition coefficient (Wildman–Crippen LogP) is 2.23. The second-order valence-electron chi connectivity index (χ2n) is 5.73. The summed E-state index contributed by atoms with van der Waals surface area (Å²) in [7, 11) is 1.52. The first kappa shape index (κ1) is 17.6. The summed E-state index contributed by atoms with van der Waals surface area (Å²) in [6.45, 7) is 0. The standard InChI is InChI=1S/C16H15NO6S2/c1-23-9-4-2-8(3-5-9)11-12-13(17-15(22)25-12)24-7-16(11,14(20)21)6-10(18)19/h2-5,11H,6-7H2,1H3,(H,17,22)(H,18,19)(H,20,21). The zero-order valence-corrected chi connectivity index (χ0v) is 14.8. The van der Waals surface area contributed by atoms with E-state index >= 15 is 0 Å². The molecule has 132 valence electrons. The van der Waals surface area contributed by atoms with Crippen molar-refractivity contribution in [2.75, 3.05) is 12.9 Å². The van der Waals surface area contributed by atoms with E-state index in [0.29, 0.717) is 21.2 Å². The zero-order chi connectivity index (χ0) is 18.2. The van der Waals surface area contributed by atoms with Crippen molar-refractivity contribution in [3.63, 3.8) is 0 Å². The predicted molar refractivity (Wildman–Crippen MR) is 92.8 cm³/mol. The van der Waals surface area contributed by atoms with Crippen molar-refractivity contribution in [3.05, 3.63) is 44.4 Å². The van der Waals surface area contributed by atoms with Crippen LogP contribution in [-0.2, 0) is 9.59 Å². The van der Waals surface area contributed by atoms with E-state index in [-0.39, 0.29) is 10.6 Å². The minimum atomic E-state index is -1.54. The molecule has 0 radical (unpaired) electrons. The van der Waals surface area contributed by atoms with Gasteiger partial charge in [0.2, 0.25) is 0 Å². The van der Waals surface area contributed by atoms with Crippen molar-refractivity contribution < 1.29 is 24.5 Å². The van der Waals surface area contributed by atoms with Crippen LogP contribution in [-0.4, -0.2) is 40.0 Å². The van der Waals surface area contributed by atoms with Crippen LogP contribution in [0.15, 0.2) is 34.1 Å². The van der Waals surface area contributed by atoms with E-state index in [0.717, 1.165) is 11.3 Å². The lowest BCUT2D eigenvalue weighted by molar-refractivity contribution is -0.155. The van der Waals surface area contributed by atoms with Crippen LogP contribution < -0.4 is 9.61 Å². The van der Waals surface area contributed by atoms with E-state index in [9.17, 15) is 24.6 Å². The number of nitrogens with one attached hydrogen (secondary N) is 1. The number of aromatic amines is 1. The highest BCUT2D eigenvalue weighted by molar-refractivity contribution is 7.99. The molecule has 7 nitrogen and oxygen atoms in total. The molecule has 0 amide bonds. The molecule has 1 aromatic heterocycles. The average Bonchev–Trinajstić information content (AvgIpc) is 2.94. The Kier molecular flexibility index (Phi) is 4.61. The molecule has 0 spiro atoms. The van der Waals surface area contributed by atoms with Gasteiger partial charge in [-0.05, 0) is 17.7 Å². The minimum absolute atomic E-state index is 0.0605. The molecule has 0 bridgehead atoms. The smallest absolute Gasteiger partial charge is 0.312 e. The van der Waals surface area contributed by atoms with Crippen LogP contribution in [0, 0.1) is 5.41 Å². The Balaban J connectivity index is 2.21. The van der Waals surface area contributed by atoms with Crippen molar-refractivity contribution in [1.29, 1.82) is 0 Å². The second kappa shape index (κ2) is 6.57. The Bertz CT molecular complexity index is 871. The topological polar surface area (TPSA) is 117 Å². The van der Waals surface area contributed by atoms with E-state index in [2.05, 4.69) is 4.98 Å². The van der Waals surface area contributed by atoms with Crippen LogP contribution >= 0.6 is 23.1 Å². The summed E-state index contributed by atoms with van der Waals surface area (Å²) in [5, 5.41) is 19.8. The maximum absolute atomic E-state index is 12.2. The molecule has 25 heavy (non-hydrogen) atoms. The third-order valence-electron chi connectivity index (χ3n) is 4.27.